The average molecular weight is 371 g/mol. The summed E-state index contributed by atoms with van der Waals surface area (Å²) in [7, 11) is 3.28. The zero-order chi connectivity index (χ0) is 19.1. The Bertz CT molecular complexity index is 833. The number of rotatable bonds is 4. The van der Waals surface area contributed by atoms with E-state index in [9.17, 15) is 9.18 Å². The smallest absolute Gasteiger partial charge is 0.322 e. The second kappa shape index (κ2) is 6.58. The molecule has 1 aliphatic heterocycles. The van der Waals surface area contributed by atoms with Crippen molar-refractivity contribution in [3.8, 4) is 0 Å². The fourth-order valence-corrected chi connectivity index (χ4v) is 4.45. The Labute approximate surface area is 157 Å². The third-order valence-electron chi connectivity index (χ3n) is 5.75. The maximum Gasteiger partial charge on any atom is 0.322 e. The molecule has 1 N–H and O–H groups in total. The van der Waals surface area contributed by atoms with E-state index in [-0.39, 0.29) is 23.2 Å². The van der Waals surface area contributed by atoms with Crippen molar-refractivity contribution in [2.24, 2.45) is 5.41 Å². The molecule has 27 heavy (non-hydrogen) atoms. The molecule has 1 aromatic carbocycles. The minimum absolute atomic E-state index is 0.0957. The predicted octanol–water partition coefficient (Wildman–Crippen LogP) is 3.58. The van der Waals surface area contributed by atoms with Crippen LogP contribution in [-0.4, -0.2) is 42.5 Å². The molecule has 0 radical (unpaired) electrons. The van der Waals surface area contributed by atoms with Crippen molar-refractivity contribution in [1.29, 1.82) is 0 Å². The average Bonchev–Trinajstić information content (AvgIpc) is 2.63. The normalized spacial score (nSPS) is 22.0. The summed E-state index contributed by atoms with van der Waals surface area (Å²) in [6.45, 7) is 0.569. The number of benzene rings is 1. The zero-order valence-electron chi connectivity index (χ0n) is 15.3. The molecule has 2 amide bonds. The van der Waals surface area contributed by atoms with Gasteiger partial charge in [0.15, 0.2) is 11.6 Å². The number of amides is 2. The van der Waals surface area contributed by atoms with E-state index >= 15 is 0 Å². The van der Waals surface area contributed by atoms with Gasteiger partial charge in [-0.05, 0) is 11.6 Å². The van der Waals surface area contributed by atoms with Gasteiger partial charge in [-0.15, -0.1) is 0 Å². The van der Waals surface area contributed by atoms with Gasteiger partial charge in [-0.2, -0.15) is 0 Å². The molecular weight excluding hydrogens is 349 g/mol. The van der Waals surface area contributed by atoms with Gasteiger partial charge in [0, 0.05) is 45.2 Å². The Balaban J connectivity index is 1.57. The van der Waals surface area contributed by atoms with Crippen LogP contribution in [0.3, 0.4) is 0 Å². The molecule has 1 saturated carbocycles. The lowest BCUT2D eigenvalue weighted by Gasteiger charge is -2.67. The van der Waals surface area contributed by atoms with Crippen LogP contribution in [0.4, 0.5) is 14.9 Å². The second-order valence-corrected chi connectivity index (χ2v) is 7.26. The highest BCUT2D eigenvalue weighted by Gasteiger charge is 2.67. The van der Waals surface area contributed by atoms with Crippen molar-refractivity contribution in [1.82, 2.24) is 9.88 Å². The quantitative estimate of drug-likeness (QED) is 0.835. The van der Waals surface area contributed by atoms with E-state index in [1.807, 2.05) is 30.3 Å². The fourth-order valence-electron chi connectivity index (χ4n) is 4.45. The van der Waals surface area contributed by atoms with Crippen molar-refractivity contribution in [3.63, 3.8) is 0 Å². The van der Waals surface area contributed by atoms with Gasteiger partial charge < -0.3 is 19.7 Å². The highest BCUT2D eigenvalue weighted by atomic mass is 19.1. The minimum Gasteiger partial charge on any atom is -0.353 e. The number of carbonyl (C=O) groups excluding carboxylic acids is 1. The molecule has 2 heterocycles. The molecule has 1 aromatic heterocycles. The highest BCUT2D eigenvalue weighted by molar-refractivity contribution is 5.90. The van der Waals surface area contributed by atoms with Crippen molar-refractivity contribution in [3.05, 3.63) is 60.2 Å². The lowest BCUT2D eigenvalue weighted by Crippen LogP contribution is -2.71. The van der Waals surface area contributed by atoms with Gasteiger partial charge in [0.1, 0.15) is 0 Å². The van der Waals surface area contributed by atoms with Gasteiger partial charge in [-0.25, -0.2) is 9.18 Å². The van der Waals surface area contributed by atoms with Crippen LogP contribution in [0.15, 0.2) is 48.8 Å². The summed E-state index contributed by atoms with van der Waals surface area (Å²) >= 11 is 0. The summed E-state index contributed by atoms with van der Waals surface area (Å²) in [4.78, 5) is 18.3. The fraction of sp³-hybridized carbons (Fsp3) is 0.400. The Morgan fingerprint density at radius 1 is 1.22 bits per heavy atom. The number of carbonyl (C=O) groups is 1. The predicted molar refractivity (Wildman–Crippen MR) is 97.5 cm³/mol. The topological polar surface area (TPSA) is 63.7 Å². The van der Waals surface area contributed by atoms with Gasteiger partial charge in [0.2, 0.25) is 0 Å². The van der Waals surface area contributed by atoms with E-state index in [2.05, 4.69) is 10.3 Å². The number of aromatic nitrogens is 1. The Hall–Kier alpha value is -2.51. The third-order valence-corrected chi connectivity index (χ3v) is 5.75. The first-order valence-electron chi connectivity index (χ1n) is 8.85. The van der Waals surface area contributed by atoms with Crippen molar-refractivity contribution < 1.29 is 18.7 Å². The monoisotopic (exact) mass is 371 g/mol. The molecule has 6 nitrogen and oxygen atoms in total. The molecule has 1 atom stereocenters. The first-order chi connectivity index (χ1) is 13.0. The number of pyridine rings is 1. The molecular formula is C20H22FN3O3. The number of nitrogens with one attached hydrogen (secondary N) is 1. The maximum absolute atomic E-state index is 13.8. The van der Waals surface area contributed by atoms with Crippen LogP contribution in [0.25, 0.3) is 0 Å². The third kappa shape index (κ3) is 2.87. The summed E-state index contributed by atoms with van der Waals surface area (Å²) in [5, 5.41) is 2.66. The Morgan fingerprint density at radius 3 is 2.56 bits per heavy atom. The van der Waals surface area contributed by atoms with Crippen LogP contribution in [0.2, 0.25) is 0 Å². The summed E-state index contributed by atoms with van der Waals surface area (Å²) in [6.07, 6.45) is 3.95. The van der Waals surface area contributed by atoms with E-state index < -0.39 is 11.6 Å². The molecule has 2 fully saturated rings. The number of likely N-dealkylation sites (tertiary alicyclic amines) is 1. The number of hydrogen-bond acceptors (Lipinski definition) is 4. The van der Waals surface area contributed by atoms with Crippen LogP contribution in [-0.2, 0) is 9.47 Å². The SMILES string of the molecule is COC1(OC)CC2(CN(C(=O)Nc3ccncc3F)C2c2ccccc2)C1. The largest absolute Gasteiger partial charge is 0.353 e. The molecule has 142 valence electrons. The number of nitrogens with zero attached hydrogens (tertiary/aromatic N) is 2. The number of anilines is 1. The van der Waals surface area contributed by atoms with Crippen molar-refractivity contribution in [2.45, 2.75) is 24.7 Å². The number of ether oxygens (including phenoxy) is 2. The number of methoxy groups -OCH3 is 2. The van der Waals surface area contributed by atoms with E-state index in [1.54, 1.807) is 19.1 Å². The van der Waals surface area contributed by atoms with Gasteiger partial charge >= 0.3 is 6.03 Å². The summed E-state index contributed by atoms with van der Waals surface area (Å²) in [5.41, 5.74) is 1.08. The Morgan fingerprint density at radius 2 is 1.93 bits per heavy atom. The first-order valence-corrected chi connectivity index (χ1v) is 8.85. The molecule has 2 aromatic rings. The summed E-state index contributed by atoms with van der Waals surface area (Å²) < 4.78 is 24.9. The molecule has 1 aliphatic carbocycles. The minimum atomic E-state index is -0.590. The molecule has 7 heteroatoms. The van der Waals surface area contributed by atoms with Gasteiger partial charge in [0.05, 0.1) is 17.9 Å². The van der Waals surface area contributed by atoms with Gasteiger partial charge in [0.25, 0.3) is 0 Å². The van der Waals surface area contributed by atoms with Gasteiger partial charge in [-0.1, -0.05) is 30.3 Å². The lowest BCUT2D eigenvalue weighted by molar-refractivity contribution is -0.329. The summed E-state index contributed by atoms with van der Waals surface area (Å²) in [6, 6.07) is 10.9. The van der Waals surface area contributed by atoms with E-state index in [0.717, 1.165) is 11.8 Å². The summed E-state index contributed by atoms with van der Waals surface area (Å²) in [5.74, 6) is -1.15. The van der Waals surface area contributed by atoms with Crippen LogP contribution in [0, 0.1) is 11.2 Å². The van der Waals surface area contributed by atoms with Crippen LogP contribution < -0.4 is 5.32 Å². The van der Waals surface area contributed by atoms with E-state index in [1.165, 1.54) is 12.3 Å². The van der Waals surface area contributed by atoms with Gasteiger partial charge in [-0.3, -0.25) is 4.98 Å². The Kier molecular flexibility index (Phi) is 4.36. The molecule has 1 spiro atoms. The standard InChI is InChI=1S/C20H22FN3O3/c1-26-20(27-2)11-19(12-20)13-24(17(19)14-6-4-3-5-7-14)18(25)23-16-8-9-22-10-15(16)21/h3-10,17H,11-13H2,1-2H3,(H,22,23,25). The van der Waals surface area contributed by atoms with E-state index in [4.69, 9.17) is 9.47 Å². The first kappa shape index (κ1) is 17.9. The lowest BCUT2D eigenvalue weighted by atomic mass is 9.53. The van der Waals surface area contributed by atoms with Crippen LogP contribution >= 0.6 is 0 Å². The highest BCUT2D eigenvalue weighted by Crippen LogP contribution is 2.65. The number of hydrogen-bond donors (Lipinski definition) is 1. The van der Waals surface area contributed by atoms with Crippen molar-refractivity contribution in [2.75, 3.05) is 26.1 Å². The second-order valence-electron chi connectivity index (χ2n) is 7.26. The number of halogens is 1. The molecule has 1 saturated heterocycles. The van der Waals surface area contributed by atoms with Crippen LogP contribution in [0.5, 0.6) is 0 Å². The zero-order valence-corrected chi connectivity index (χ0v) is 15.3. The van der Waals surface area contributed by atoms with Crippen LogP contribution in [0.1, 0.15) is 24.4 Å². The van der Waals surface area contributed by atoms with E-state index in [0.29, 0.717) is 19.4 Å². The maximum atomic E-state index is 13.8. The molecule has 4 rings (SSSR count). The molecule has 0 bridgehead atoms. The molecule has 1 unspecified atom stereocenters. The number of urea groups is 1. The van der Waals surface area contributed by atoms with Crippen molar-refractivity contribution >= 4 is 11.7 Å². The molecule has 2 aliphatic rings.